The molecule has 0 bridgehead atoms. The molecule has 3 aromatic heterocycles. The normalized spacial score (nSPS) is 15.9. The highest BCUT2D eigenvalue weighted by Gasteiger charge is 2.17. The number of rotatable bonds is 12. The zero-order valence-corrected chi connectivity index (χ0v) is 24.5. The predicted octanol–water partition coefficient (Wildman–Crippen LogP) is -4.64. The van der Waals surface area contributed by atoms with Crippen LogP contribution in [0.15, 0.2) is 59.6 Å². The average molecular weight is 585 g/mol. The molecule has 3 aliphatic heterocycles. The summed E-state index contributed by atoms with van der Waals surface area (Å²) in [6, 6.07) is 18.7. The minimum Gasteiger partial charge on any atom is -0.355 e. The molecule has 13 nitrogen and oxygen atoms in total. The first kappa shape index (κ1) is 28.5. The summed E-state index contributed by atoms with van der Waals surface area (Å²) in [6.07, 6.45) is 0. The number of aromatic nitrogens is 3. The summed E-state index contributed by atoms with van der Waals surface area (Å²) in [5.41, 5.74) is 6.02. The smallest absolute Gasteiger partial charge is 0.355 e. The Bertz CT molecular complexity index is 1290. The summed E-state index contributed by atoms with van der Waals surface area (Å²) >= 11 is 0. The Morgan fingerprint density at radius 2 is 1.28 bits per heavy atom. The Morgan fingerprint density at radius 1 is 0.674 bits per heavy atom. The Balaban J connectivity index is 1.15. The third kappa shape index (κ3) is 8.69. The lowest BCUT2D eigenvalue weighted by Gasteiger charge is -2.22. The fraction of sp³-hybridized carbons (Fsp3) is 0.400. The van der Waals surface area contributed by atoms with Crippen molar-refractivity contribution in [1.29, 1.82) is 0 Å². The van der Waals surface area contributed by atoms with Crippen LogP contribution in [0.4, 0.5) is 0 Å². The summed E-state index contributed by atoms with van der Waals surface area (Å²) in [5, 5.41) is 18.9. The van der Waals surface area contributed by atoms with E-state index in [1.165, 1.54) is 0 Å². The summed E-state index contributed by atoms with van der Waals surface area (Å²) in [5.74, 6) is 2.89. The van der Waals surface area contributed by atoms with E-state index in [2.05, 4.69) is 100 Å². The van der Waals surface area contributed by atoms with Crippen LogP contribution in [0.1, 0.15) is 34.2 Å². The van der Waals surface area contributed by atoms with Gasteiger partial charge in [0.25, 0.3) is 0 Å². The van der Waals surface area contributed by atoms with Crippen molar-refractivity contribution in [1.82, 2.24) is 46.4 Å². The first-order valence-electron chi connectivity index (χ1n) is 15.1. The predicted molar refractivity (Wildman–Crippen MR) is 163 cm³/mol. The zero-order chi connectivity index (χ0) is 29.1. The molecule has 0 radical (unpaired) electrons. The van der Waals surface area contributed by atoms with E-state index in [1.807, 2.05) is 6.07 Å². The highest BCUT2D eigenvalue weighted by molar-refractivity contribution is 5.81. The molecule has 43 heavy (non-hydrogen) atoms. The van der Waals surface area contributed by atoms with E-state index in [0.717, 1.165) is 91.3 Å². The first-order valence-corrected chi connectivity index (χ1v) is 15.1. The van der Waals surface area contributed by atoms with Gasteiger partial charge in [-0.25, -0.2) is 15.6 Å². The van der Waals surface area contributed by atoms with Gasteiger partial charge < -0.3 is 10.6 Å². The maximum Gasteiger partial charge on any atom is 0.439 e. The van der Waals surface area contributed by atoms with Crippen LogP contribution >= 0.6 is 0 Å². The van der Waals surface area contributed by atoms with Crippen molar-refractivity contribution in [3.8, 4) is 0 Å². The molecule has 0 fully saturated rings. The Kier molecular flexibility index (Phi) is 9.62. The van der Waals surface area contributed by atoms with E-state index in [9.17, 15) is 0 Å². The number of nitrogens with zero attached hydrogens (tertiary/aromatic N) is 5. The molecule has 6 heterocycles. The second-order valence-corrected chi connectivity index (χ2v) is 10.8. The van der Waals surface area contributed by atoms with Gasteiger partial charge in [0.15, 0.2) is 5.96 Å². The molecule has 0 spiro atoms. The molecule has 3 aliphatic rings. The van der Waals surface area contributed by atoms with Gasteiger partial charge in [-0.05, 0) is 36.4 Å². The number of guanidine groups is 3. The summed E-state index contributed by atoms with van der Waals surface area (Å²) in [6.45, 7) is 9.58. The van der Waals surface area contributed by atoms with Crippen molar-refractivity contribution >= 4 is 17.9 Å². The molecule has 13 heteroatoms. The van der Waals surface area contributed by atoms with Crippen LogP contribution in [0.25, 0.3) is 0 Å². The van der Waals surface area contributed by atoms with Gasteiger partial charge in [-0.15, -0.1) is 0 Å². The van der Waals surface area contributed by atoms with Gasteiger partial charge in [0.2, 0.25) is 0 Å². The molecule has 0 saturated heterocycles. The molecular weight excluding hydrogens is 542 g/mol. The Labute approximate surface area is 251 Å². The van der Waals surface area contributed by atoms with Crippen LogP contribution in [-0.2, 0) is 39.3 Å². The molecule has 0 aliphatic carbocycles. The van der Waals surface area contributed by atoms with Crippen molar-refractivity contribution < 1.29 is 15.3 Å². The molecular formula is C30H42N13+3. The molecule has 0 unspecified atom stereocenters. The van der Waals surface area contributed by atoms with E-state index in [1.54, 1.807) is 0 Å². The number of quaternary nitrogens is 1. The number of hydrogen-bond donors (Lipinski definition) is 8. The van der Waals surface area contributed by atoms with Crippen molar-refractivity contribution in [2.24, 2.45) is 4.99 Å². The summed E-state index contributed by atoms with van der Waals surface area (Å²) in [7, 11) is 0. The van der Waals surface area contributed by atoms with Crippen LogP contribution in [0.5, 0.6) is 0 Å². The van der Waals surface area contributed by atoms with E-state index in [0.29, 0.717) is 39.3 Å². The quantitative estimate of drug-likeness (QED) is 0.105. The van der Waals surface area contributed by atoms with Crippen molar-refractivity contribution in [3.05, 3.63) is 88.8 Å². The highest BCUT2D eigenvalue weighted by Crippen LogP contribution is 2.13. The third-order valence-corrected chi connectivity index (χ3v) is 7.30. The molecule has 3 aromatic rings. The van der Waals surface area contributed by atoms with E-state index >= 15 is 0 Å². The van der Waals surface area contributed by atoms with Crippen LogP contribution in [0.2, 0.25) is 0 Å². The number of pyridine rings is 3. The van der Waals surface area contributed by atoms with Crippen LogP contribution in [-0.4, -0.2) is 77.0 Å². The lowest BCUT2D eigenvalue weighted by atomic mass is 10.2. The van der Waals surface area contributed by atoms with E-state index in [-0.39, 0.29) is 0 Å². The first-order chi connectivity index (χ1) is 21.2. The van der Waals surface area contributed by atoms with Gasteiger partial charge in [0.05, 0.1) is 60.3 Å². The van der Waals surface area contributed by atoms with Crippen LogP contribution < -0.4 is 41.9 Å². The topological polar surface area (TPSA) is 159 Å². The van der Waals surface area contributed by atoms with Crippen molar-refractivity contribution in [3.63, 3.8) is 0 Å². The summed E-state index contributed by atoms with van der Waals surface area (Å²) in [4.78, 5) is 28.4. The van der Waals surface area contributed by atoms with Crippen molar-refractivity contribution in [2.75, 3.05) is 39.3 Å². The van der Waals surface area contributed by atoms with E-state index in [4.69, 9.17) is 15.0 Å². The SMILES string of the molecule is c1cc(CNC2=NCCN2)nc(CN(Cc2cccc(CNC3=[NH+]CCN3)n2)Cc2cccc(CNC3=[NH+]CC[NH2+]3)n2)c1. The second-order valence-electron chi connectivity index (χ2n) is 10.8. The molecule has 224 valence electrons. The average Bonchev–Trinajstić information content (AvgIpc) is 3.84. The lowest BCUT2D eigenvalue weighted by molar-refractivity contribution is -0.541. The fourth-order valence-corrected chi connectivity index (χ4v) is 5.25. The molecule has 6 rings (SSSR count). The van der Waals surface area contributed by atoms with Gasteiger partial charge in [-0.3, -0.25) is 40.5 Å². The van der Waals surface area contributed by atoms with Crippen molar-refractivity contribution in [2.45, 2.75) is 39.3 Å². The minimum absolute atomic E-state index is 0.626. The van der Waals surface area contributed by atoms with E-state index < -0.39 is 0 Å². The molecule has 0 atom stereocenters. The molecule has 0 saturated carbocycles. The maximum absolute atomic E-state index is 4.98. The van der Waals surface area contributed by atoms with Crippen LogP contribution in [0.3, 0.4) is 0 Å². The lowest BCUT2D eigenvalue weighted by Crippen LogP contribution is -2.94. The van der Waals surface area contributed by atoms with Gasteiger partial charge in [-0.2, -0.15) is 0 Å². The molecule has 0 aromatic carbocycles. The third-order valence-electron chi connectivity index (χ3n) is 7.30. The second kappa shape index (κ2) is 14.5. The minimum atomic E-state index is 0.626. The summed E-state index contributed by atoms with van der Waals surface area (Å²) < 4.78 is 0. The largest absolute Gasteiger partial charge is 0.439 e. The standard InChI is InChI=1S/C30H39N13/c1-4-22(16-37-28-31-10-11-32-28)40-25(7-1)19-43(20-26-8-2-5-23(41-26)17-38-29-33-12-13-34-29)21-27-9-3-6-24(42-27)18-39-30-35-14-15-36-30/h1-9H,10-21H2,(H2,31,32,37)(H2,33,34,38)(H2,35,36,39)/p+3. The molecule has 9 N–H and O–H groups in total. The van der Waals surface area contributed by atoms with Gasteiger partial charge in [-0.1, -0.05) is 18.2 Å². The highest BCUT2D eigenvalue weighted by atomic mass is 15.2. The maximum atomic E-state index is 4.98. The Hall–Kier alpha value is -4.62. The van der Waals surface area contributed by atoms with Crippen LogP contribution in [0, 0.1) is 0 Å². The zero-order valence-electron chi connectivity index (χ0n) is 24.5. The monoisotopic (exact) mass is 584 g/mol. The number of nitrogens with one attached hydrogen (secondary N) is 7. The number of nitrogens with two attached hydrogens (primary N) is 1. The van der Waals surface area contributed by atoms with Gasteiger partial charge >= 0.3 is 11.9 Å². The molecule has 0 amide bonds. The number of aliphatic imine (C=N–C) groups is 1. The van der Waals surface area contributed by atoms with Gasteiger partial charge in [0, 0.05) is 26.2 Å². The number of hydrogen-bond acceptors (Lipinski definition) is 10. The fourth-order valence-electron chi connectivity index (χ4n) is 5.25. The Morgan fingerprint density at radius 3 is 1.81 bits per heavy atom. The van der Waals surface area contributed by atoms with Gasteiger partial charge in [0.1, 0.15) is 26.2 Å².